The van der Waals surface area contributed by atoms with Gasteiger partial charge >= 0.3 is 0 Å². The van der Waals surface area contributed by atoms with Gasteiger partial charge in [0.15, 0.2) is 0 Å². The van der Waals surface area contributed by atoms with Crippen LogP contribution in [0.5, 0.6) is 0 Å². The van der Waals surface area contributed by atoms with E-state index in [1.165, 1.54) is 5.56 Å². The normalized spacial score (nSPS) is 13.9. The monoisotopic (exact) mass is 222 g/mol. The standard InChI is InChI=1S/C14H22O2/c1-9-6-11(14(3,4)5)7-10(2)13(9)12(16)8-15/h6-7,12,15-16H,8H2,1-5H3. The Morgan fingerprint density at radius 2 is 1.56 bits per heavy atom. The average Bonchev–Trinajstić information content (AvgIpc) is 2.14. The van der Waals surface area contributed by atoms with E-state index >= 15 is 0 Å². The topological polar surface area (TPSA) is 40.5 Å². The van der Waals surface area contributed by atoms with Gasteiger partial charge in [0.25, 0.3) is 0 Å². The third kappa shape index (κ3) is 2.63. The second-order valence-corrected chi connectivity index (χ2v) is 5.47. The van der Waals surface area contributed by atoms with E-state index in [0.29, 0.717) is 0 Å². The summed E-state index contributed by atoms with van der Waals surface area (Å²) >= 11 is 0. The fourth-order valence-corrected chi connectivity index (χ4v) is 2.02. The molecular weight excluding hydrogens is 200 g/mol. The van der Waals surface area contributed by atoms with E-state index in [1.54, 1.807) is 0 Å². The van der Waals surface area contributed by atoms with Gasteiger partial charge in [-0.05, 0) is 41.5 Å². The molecule has 1 aromatic rings. The molecule has 1 aromatic carbocycles. The lowest BCUT2D eigenvalue weighted by Gasteiger charge is -2.23. The molecule has 0 amide bonds. The van der Waals surface area contributed by atoms with Crippen molar-refractivity contribution in [2.45, 2.75) is 46.1 Å². The molecule has 0 aliphatic heterocycles. The van der Waals surface area contributed by atoms with Crippen LogP contribution in [0.15, 0.2) is 12.1 Å². The maximum absolute atomic E-state index is 9.73. The predicted molar refractivity (Wildman–Crippen MR) is 66.7 cm³/mol. The predicted octanol–water partition coefficient (Wildman–Crippen LogP) is 2.63. The Balaban J connectivity index is 3.28. The summed E-state index contributed by atoms with van der Waals surface area (Å²) < 4.78 is 0. The number of rotatable bonds is 2. The van der Waals surface area contributed by atoms with Gasteiger partial charge in [0.05, 0.1) is 6.61 Å². The maximum atomic E-state index is 9.73. The van der Waals surface area contributed by atoms with Crippen molar-refractivity contribution in [2.24, 2.45) is 0 Å². The molecule has 0 heterocycles. The minimum Gasteiger partial charge on any atom is -0.393 e. The van der Waals surface area contributed by atoms with Crippen molar-refractivity contribution in [3.63, 3.8) is 0 Å². The zero-order valence-electron chi connectivity index (χ0n) is 10.8. The summed E-state index contributed by atoms with van der Waals surface area (Å²) in [6, 6.07) is 4.20. The molecule has 0 aliphatic rings. The Kier molecular flexibility index (Phi) is 3.76. The molecular formula is C14H22O2. The smallest absolute Gasteiger partial charge is 0.103 e. The van der Waals surface area contributed by atoms with Crippen molar-refractivity contribution < 1.29 is 10.2 Å². The molecule has 0 bridgehead atoms. The van der Waals surface area contributed by atoms with Crippen LogP contribution in [-0.4, -0.2) is 16.8 Å². The van der Waals surface area contributed by atoms with Crippen molar-refractivity contribution >= 4 is 0 Å². The summed E-state index contributed by atoms with van der Waals surface area (Å²) in [7, 11) is 0. The molecule has 90 valence electrons. The largest absolute Gasteiger partial charge is 0.393 e. The van der Waals surface area contributed by atoms with E-state index in [4.69, 9.17) is 5.11 Å². The van der Waals surface area contributed by atoms with Crippen molar-refractivity contribution in [2.75, 3.05) is 6.61 Å². The summed E-state index contributed by atoms with van der Waals surface area (Å²) in [5.74, 6) is 0. The van der Waals surface area contributed by atoms with Gasteiger partial charge in [-0.3, -0.25) is 0 Å². The number of hydrogen-bond donors (Lipinski definition) is 2. The molecule has 0 saturated heterocycles. The van der Waals surface area contributed by atoms with Crippen molar-refractivity contribution in [3.8, 4) is 0 Å². The van der Waals surface area contributed by atoms with Gasteiger partial charge in [-0.2, -0.15) is 0 Å². The lowest BCUT2D eigenvalue weighted by molar-refractivity contribution is 0.0946. The van der Waals surface area contributed by atoms with Crippen LogP contribution in [-0.2, 0) is 5.41 Å². The number of aliphatic hydroxyl groups is 2. The molecule has 2 N–H and O–H groups in total. The molecule has 2 heteroatoms. The Morgan fingerprint density at radius 3 is 1.88 bits per heavy atom. The molecule has 0 fully saturated rings. The highest BCUT2D eigenvalue weighted by Crippen LogP contribution is 2.29. The van der Waals surface area contributed by atoms with E-state index in [1.807, 2.05) is 13.8 Å². The second kappa shape index (κ2) is 4.56. The molecule has 0 spiro atoms. The van der Waals surface area contributed by atoms with Crippen molar-refractivity contribution in [3.05, 3.63) is 34.4 Å². The Labute approximate surface area is 97.9 Å². The van der Waals surface area contributed by atoms with Crippen LogP contribution in [0.2, 0.25) is 0 Å². The fraction of sp³-hybridized carbons (Fsp3) is 0.571. The van der Waals surface area contributed by atoms with Crippen LogP contribution < -0.4 is 0 Å². The van der Waals surface area contributed by atoms with Crippen LogP contribution in [0.1, 0.15) is 49.1 Å². The van der Waals surface area contributed by atoms with Crippen LogP contribution in [0.4, 0.5) is 0 Å². The molecule has 2 nitrogen and oxygen atoms in total. The van der Waals surface area contributed by atoms with Gasteiger partial charge in [-0.1, -0.05) is 32.9 Å². The van der Waals surface area contributed by atoms with Gasteiger partial charge in [0, 0.05) is 0 Å². The Hall–Kier alpha value is -0.860. The summed E-state index contributed by atoms with van der Waals surface area (Å²) in [5, 5.41) is 18.8. The zero-order chi connectivity index (χ0) is 12.5. The highest BCUT2D eigenvalue weighted by molar-refractivity contribution is 5.41. The molecule has 1 rings (SSSR count). The number of benzene rings is 1. The molecule has 1 atom stereocenters. The molecule has 0 aliphatic carbocycles. The Bertz CT molecular complexity index is 352. The summed E-state index contributed by atoms with van der Waals surface area (Å²) in [6.07, 6.45) is -0.769. The maximum Gasteiger partial charge on any atom is 0.103 e. The number of hydrogen-bond acceptors (Lipinski definition) is 2. The lowest BCUT2D eigenvalue weighted by Crippen LogP contribution is -2.14. The third-order valence-electron chi connectivity index (χ3n) is 2.97. The minimum absolute atomic E-state index is 0.109. The van der Waals surface area contributed by atoms with Gasteiger partial charge < -0.3 is 10.2 Å². The first-order valence-corrected chi connectivity index (χ1v) is 5.68. The lowest BCUT2D eigenvalue weighted by atomic mass is 9.83. The van der Waals surface area contributed by atoms with Gasteiger partial charge in [-0.15, -0.1) is 0 Å². The quantitative estimate of drug-likeness (QED) is 0.807. The van der Waals surface area contributed by atoms with Crippen molar-refractivity contribution in [1.29, 1.82) is 0 Å². The van der Waals surface area contributed by atoms with E-state index in [2.05, 4.69) is 32.9 Å². The first-order chi connectivity index (χ1) is 7.27. The van der Waals surface area contributed by atoms with E-state index in [0.717, 1.165) is 16.7 Å². The van der Waals surface area contributed by atoms with E-state index < -0.39 is 6.10 Å². The van der Waals surface area contributed by atoms with Crippen molar-refractivity contribution in [1.82, 2.24) is 0 Å². The molecule has 0 radical (unpaired) electrons. The molecule has 0 saturated carbocycles. The molecule has 16 heavy (non-hydrogen) atoms. The SMILES string of the molecule is Cc1cc(C(C)(C)C)cc(C)c1C(O)CO. The summed E-state index contributed by atoms with van der Waals surface area (Å²) in [6.45, 7) is 10.2. The van der Waals surface area contributed by atoms with E-state index in [-0.39, 0.29) is 12.0 Å². The van der Waals surface area contributed by atoms with Gasteiger partial charge in [0.1, 0.15) is 6.10 Å². The zero-order valence-corrected chi connectivity index (χ0v) is 10.8. The highest BCUT2D eigenvalue weighted by Gasteiger charge is 2.18. The first-order valence-electron chi connectivity index (χ1n) is 5.68. The van der Waals surface area contributed by atoms with Gasteiger partial charge in [-0.25, -0.2) is 0 Å². The first kappa shape index (κ1) is 13.2. The van der Waals surface area contributed by atoms with Crippen LogP contribution in [0.3, 0.4) is 0 Å². The van der Waals surface area contributed by atoms with Crippen LogP contribution in [0, 0.1) is 13.8 Å². The molecule has 0 aromatic heterocycles. The Morgan fingerprint density at radius 1 is 1.12 bits per heavy atom. The minimum atomic E-state index is -0.769. The number of aryl methyl sites for hydroxylation is 2. The molecule has 1 unspecified atom stereocenters. The van der Waals surface area contributed by atoms with Crippen LogP contribution in [0.25, 0.3) is 0 Å². The number of aliphatic hydroxyl groups excluding tert-OH is 2. The average molecular weight is 222 g/mol. The van der Waals surface area contributed by atoms with Crippen LogP contribution >= 0.6 is 0 Å². The fourth-order valence-electron chi connectivity index (χ4n) is 2.02. The van der Waals surface area contributed by atoms with Gasteiger partial charge in [0.2, 0.25) is 0 Å². The van der Waals surface area contributed by atoms with E-state index in [9.17, 15) is 5.11 Å². The summed E-state index contributed by atoms with van der Waals surface area (Å²) in [4.78, 5) is 0. The second-order valence-electron chi connectivity index (χ2n) is 5.47. The third-order valence-corrected chi connectivity index (χ3v) is 2.97. The summed E-state index contributed by atoms with van der Waals surface area (Å²) in [5.41, 5.74) is 4.32. The highest BCUT2D eigenvalue weighted by atomic mass is 16.3.